The number of aromatic nitrogens is 1. The molecule has 2 aromatic rings. The highest BCUT2D eigenvalue weighted by molar-refractivity contribution is 6.29. The molecule has 1 aromatic carbocycles. The van der Waals surface area contributed by atoms with Crippen LogP contribution in [0.25, 0.3) is 0 Å². The van der Waals surface area contributed by atoms with Crippen LogP contribution in [0, 0.1) is 0 Å². The van der Waals surface area contributed by atoms with Gasteiger partial charge in [0.15, 0.2) is 5.96 Å². The minimum absolute atomic E-state index is 0.297. The van der Waals surface area contributed by atoms with E-state index in [0.717, 1.165) is 50.7 Å². The van der Waals surface area contributed by atoms with Crippen LogP contribution in [0.4, 0.5) is 0 Å². The lowest BCUT2D eigenvalue weighted by molar-refractivity contribution is -0.0704. The quantitative estimate of drug-likeness (QED) is 0.370. The Bertz CT molecular complexity index is 815. The summed E-state index contributed by atoms with van der Waals surface area (Å²) in [5.74, 6) is 0.824. The summed E-state index contributed by atoms with van der Waals surface area (Å²) < 4.78 is 5.83. The van der Waals surface area contributed by atoms with E-state index in [1.165, 1.54) is 11.1 Å². The summed E-state index contributed by atoms with van der Waals surface area (Å²) in [6, 6.07) is 12.6. The zero-order valence-electron chi connectivity index (χ0n) is 18.8. The zero-order valence-corrected chi connectivity index (χ0v) is 19.5. The van der Waals surface area contributed by atoms with Crippen molar-refractivity contribution in [2.75, 3.05) is 26.2 Å². The van der Waals surface area contributed by atoms with Crippen molar-refractivity contribution in [1.82, 2.24) is 20.5 Å². The summed E-state index contributed by atoms with van der Waals surface area (Å²) in [5, 5.41) is 7.21. The van der Waals surface area contributed by atoms with Crippen LogP contribution in [0.1, 0.15) is 37.5 Å². The van der Waals surface area contributed by atoms with E-state index in [2.05, 4.69) is 65.6 Å². The summed E-state index contributed by atoms with van der Waals surface area (Å²) in [5.41, 5.74) is 3.68. The fraction of sp³-hybridized carbons (Fsp3) is 0.500. The monoisotopic (exact) mass is 443 g/mol. The summed E-state index contributed by atoms with van der Waals surface area (Å²) in [7, 11) is 0. The minimum atomic E-state index is 0.297. The molecule has 2 heterocycles. The topological polar surface area (TPSA) is 61.8 Å². The third-order valence-corrected chi connectivity index (χ3v) is 5.41. The van der Waals surface area contributed by atoms with Gasteiger partial charge in [0.1, 0.15) is 5.15 Å². The van der Waals surface area contributed by atoms with Gasteiger partial charge in [0, 0.05) is 38.9 Å². The third-order valence-electron chi connectivity index (χ3n) is 5.18. The summed E-state index contributed by atoms with van der Waals surface area (Å²) in [6.45, 7) is 11.5. The van der Waals surface area contributed by atoms with Crippen molar-refractivity contribution in [2.45, 2.75) is 52.5 Å². The van der Waals surface area contributed by atoms with E-state index in [1.807, 2.05) is 18.3 Å². The van der Waals surface area contributed by atoms with Crippen LogP contribution in [-0.2, 0) is 24.2 Å². The van der Waals surface area contributed by atoms with Crippen LogP contribution < -0.4 is 10.6 Å². The molecule has 2 atom stereocenters. The molecule has 1 aliphatic rings. The van der Waals surface area contributed by atoms with Gasteiger partial charge in [-0.05, 0) is 49.9 Å². The van der Waals surface area contributed by atoms with E-state index in [1.54, 1.807) is 0 Å². The molecule has 1 saturated heterocycles. The van der Waals surface area contributed by atoms with Gasteiger partial charge in [-0.15, -0.1) is 0 Å². The van der Waals surface area contributed by atoms with Crippen molar-refractivity contribution in [3.8, 4) is 0 Å². The highest BCUT2D eigenvalue weighted by atomic mass is 35.5. The Morgan fingerprint density at radius 1 is 1.06 bits per heavy atom. The first kappa shape index (κ1) is 23.5. The van der Waals surface area contributed by atoms with Crippen molar-refractivity contribution in [3.05, 3.63) is 64.4 Å². The van der Waals surface area contributed by atoms with Crippen molar-refractivity contribution in [3.63, 3.8) is 0 Å². The first-order valence-electron chi connectivity index (χ1n) is 11.1. The van der Waals surface area contributed by atoms with E-state index < -0.39 is 0 Å². The molecule has 7 heteroatoms. The van der Waals surface area contributed by atoms with Crippen LogP contribution in [-0.4, -0.2) is 54.2 Å². The number of benzene rings is 1. The molecule has 31 heavy (non-hydrogen) atoms. The maximum absolute atomic E-state index is 5.84. The molecular formula is C24H34ClN5O. The van der Waals surface area contributed by atoms with E-state index >= 15 is 0 Å². The second-order valence-corrected chi connectivity index (χ2v) is 8.52. The molecule has 0 aliphatic carbocycles. The van der Waals surface area contributed by atoms with Crippen LogP contribution >= 0.6 is 11.6 Å². The molecule has 1 fully saturated rings. The third kappa shape index (κ3) is 8.13. The van der Waals surface area contributed by atoms with Crippen LogP contribution in [0.3, 0.4) is 0 Å². The summed E-state index contributed by atoms with van der Waals surface area (Å²) in [4.78, 5) is 11.3. The second kappa shape index (κ2) is 12.0. The molecule has 6 nitrogen and oxygen atoms in total. The predicted octanol–water partition coefficient (Wildman–Crippen LogP) is 3.64. The maximum Gasteiger partial charge on any atom is 0.191 e. The molecule has 0 spiro atoms. The maximum atomic E-state index is 5.84. The fourth-order valence-corrected chi connectivity index (χ4v) is 3.93. The average Bonchev–Trinajstić information content (AvgIpc) is 2.74. The first-order valence-corrected chi connectivity index (χ1v) is 11.5. The van der Waals surface area contributed by atoms with Gasteiger partial charge in [-0.2, -0.15) is 0 Å². The first-order chi connectivity index (χ1) is 15.0. The summed E-state index contributed by atoms with van der Waals surface area (Å²) in [6.07, 6.45) is 3.27. The molecule has 168 valence electrons. The number of hydrogen-bond donors (Lipinski definition) is 2. The molecule has 2 unspecified atom stereocenters. The number of rotatable bonds is 8. The number of halogens is 1. The lowest BCUT2D eigenvalue weighted by Gasteiger charge is -2.35. The standard InChI is InChI=1S/C24H34ClN5O/c1-4-26-24(27-12-11-21-9-10-23(25)28-13-21)29-14-20-5-7-22(8-6-20)17-30-15-18(2)31-19(3)16-30/h5-10,13,18-19H,4,11-12,14-17H2,1-3H3,(H2,26,27,29). The van der Waals surface area contributed by atoms with Gasteiger partial charge in [0.2, 0.25) is 0 Å². The van der Waals surface area contributed by atoms with Gasteiger partial charge in [0.25, 0.3) is 0 Å². The van der Waals surface area contributed by atoms with Gasteiger partial charge >= 0.3 is 0 Å². The van der Waals surface area contributed by atoms with Crippen molar-refractivity contribution < 1.29 is 4.74 Å². The highest BCUT2D eigenvalue weighted by Crippen LogP contribution is 2.15. The predicted molar refractivity (Wildman–Crippen MR) is 127 cm³/mol. The number of aliphatic imine (C=N–C) groups is 1. The van der Waals surface area contributed by atoms with Crippen LogP contribution in [0.2, 0.25) is 5.15 Å². The molecular weight excluding hydrogens is 410 g/mol. The average molecular weight is 444 g/mol. The molecule has 0 radical (unpaired) electrons. The number of guanidine groups is 1. The van der Waals surface area contributed by atoms with Gasteiger partial charge in [-0.25, -0.2) is 9.98 Å². The van der Waals surface area contributed by atoms with Crippen molar-refractivity contribution >= 4 is 17.6 Å². The lowest BCUT2D eigenvalue weighted by Crippen LogP contribution is -2.44. The summed E-state index contributed by atoms with van der Waals surface area (Å²) >= 11 is 5.84. The van der Waals surface area contributed by atoms with Gasteiger partial charge in [-0.3, -0.25) is 4.90 Å². The number of nitrogens with one attached hydrogen (secondary N) is 2. The van der Waals surface area contributed by atoms with E-state index in [0.29, 0.717) is 23.9 Å². The van der Waals surface area contributed by atoms with E-state index in [9.17, 15) is 0 Å². The largest absolute Gasteiger partial charge is 0.373 e. The smallest absolute Gasteiger partial charge is 0.191 e. The Morgan fingerprint density at radius 2 is 1.74 bits per heavy atom. The Morgan fingerprint density at radius 3 is 2.39 bits per heavy atom. The van der Waals surface area contributed by atoms with Gasteiger partial charge < -0.3 is 15.4 Å². The van der Waals surface area contributed by atoms with Crippen molar-refractivity contribution in [1.29, 1.82) is 0 Å². The molecule has 1 aliphatic heterocycles. The zero-order chi connectivity index (χ0) is 22.1. The molecule has 0 bridgehead atoms. The molecule has 2 N–H and O–H groups in total. The lowest BCUT2D eigenvalue weighted by atomic mass is 10.1. The van der Waals surface area contributed by atoms with Gasteiger partial charge in [0.05, 0.1) is 18.8 Å². The number of morpholine rings is 1. The van der Waals surface area contributed by atoms with E-state index in [-0.39, 0.29) is 0 Å². The van der Waals surface area contributed by atoms with Crippen molar-refractivity contribution in [2.24, 2.45) is 4.99 Å². The molecule has 3 rings (SSSR count). The molecule has 0 amide bonds. The SMILES string of the molecule is CCNC(=NCc1ccc(CN2CC(C)OC(C)C2)cc1)NCCc1ccc(Cl)nc1. The number of hydrogen-bond acceptors (Lipinski definition) is 4. The Kier molecular flexibility index (Phi) is 9.13. The molecule has 0 saturated carbocycles. The minimum Gasteiger partial charge on any atom is -0.373 e. The molecule has 1 aromatic heterocycles. The van der Waals surface area contributed by atoms with E-state index in [4.69, 9.17) is 21.3 Å². The number of pyridine rings is 1. The normalized spacial score (nSPS) is 19.9. The Labute approximate surface area is 191 Å². The van der Waals surface area contributed by atoms with Crippen LogP contribution in [0.15, 0.2) is 47.6 Å². The Balaban J connectivity index is 1.48. The second-order valence-electron chi connectivity index (χ2n) is 8.13. The number of ether oxygens (including phenoxy) is 1. The highest BCUT2D eigenvalue weighted by Gasteiger charge is 2.21. The van der Waals surface area contributed by atoms with Crippen LogP contribution in [0.5, 0.6) is 0 Å². The Hall–Kier alpha value is -2.15. The van der Waals surface area contributed by atoms with Gasteiger partial charge in [-0.1, -0.05) is 41.9 Å². The number of nitrogens with zero attached hydrogens (tertiary/aromatic N) is 3. The fourth-order valence-electron chi connectivity index (χ4n) is 3.81.